The standard InChI is InChI=1S/C26H25Cl2NO4S2/c1-3-22-25(34-20-12-4-16(2)5-13-20)23(26(30)31)24(17-6-8-18(27)9-7-17)29(22)35(32,33)21-14-10-19(28)11-15-21/h4-15,22-25H,3H2,1-2H3,(H,30,31)/t22-,23+,24+,25-/m1/s1. The minimum Gasteiger partial charge on any atom is -0.481 e. The molecule has 5 nitrogen and oxygen atoms in total. The van der Waals surface area contributed by atoms with Gasteiger partial charge in [0.15, 0.2) is 0 Å². The number of thioether (sulfide) groups is 1. The molecule has 0 spiro atoms. The molecule has 0 unspecified atom stereocenters. The molecular weight excluding hydrogens is 525 g/mol. The van der Waals surface area contributed by atoms with Crippen molar-refractivity contribution in [3.63, 3.8) is 0 Å². The second-order valence-corrected chi connectivity index (χ2v) is 12.5. The van der Waals surface area contributed by atoms with Gasteiger partial charge in [-0.3, -0.25) is 4.79 Å². The third-order valence-corrected chi connectivity index (χ3v) is 10.1. The Hall–Kier alpha value is -2.03. The lowest BCUT2D eigenvalue weighted by molar-refractivity contribution is -0.142. The van der Waals surface area contributed by atoms with Crippen molar-refractivity contribution in [2.45, 2.75) is 47.4 Å². The van der Waals surface area contributed by atoms with E-state index in [1.807, 2.05) is 38.1 Å². The van der Waals surface area contributed by atoms with Crippen LogP contribution in [0.1, 0.15) is 30.5 Å². The van der Waals surface area contributed by atoms with Crippen LogP contribution in [0.4, 0.5) is 0 Å². The van der Waals surface area contributed by atoms with Gasteiger partial charge in [-0.25, -0.2) is 8.42 Å². The first-order valence-electron chi connectivity index (χ1n) is 11.1. The van der Waals surface area contributed by atoms with Gasteiger partial charge in [0, 0.05) is 26.2 Å². The molecule has 3 aromatic rings. The van der Waals surface area contributed by atoms with Crippen LogP contribution in [-0.2, 0) is 14.8 Å². The quantitative estimate of drug-likeness (QED) is 0.355. The number of nitrogens with zero attached hydrogens (tertiary/aromatic N) is 1. The van der Waals surface area contributed by atoms with Crippen molar-refractivity contribution < 1.29 is 18.3 Å². The number of carbonyl (C=O) groups is 1. The fourth-order valence-electron chi connectivity index (χ4n) is 4.61. The number of hydrogen-bond acceptors (Lipinski definition) is 4. The smallest absolute Gasteiger partial charge is 0.309 e. The minimum absolute atomic E-state index is 0.0736. The fraction of sp³-hybridized carbons (Fsp3) is 0.269. The van der Waals surface area contributed by atoms with Gasteiger partial charge in [-0.05, 0) is 67.4 Å². The van der Waals surface area contributed by atoms with E-state index in [9.17, 15) is 18.3 Å². The zero-order chi connectivity index (χ0) is 25.3. The Morgan fingerprint density at radius 2 is 1.49 bits per heavy atom. The lowest BCUT2D eigenvalue weighted by atomic mass is 9.93. The highest BCUT2D eigenvalue weighted by Gasteiger charge is 2.57. The maximum Gasteiger partial charge on any atom is 0.309 e. The monoisotopic (exact) mass is 549 g/mol. The summed E-state index contributed by atoms with van der Waals surface area (Å²) < 4.78 is 29.5. The van der Waals surface area contributed by atoms with Crippen molar-refractivity contribution in [2.24, 2.45) is 5.92 Å². The van der Waals surface area contributed by atoms with Crippen molar-refractivity contribution in [3.8, 4) is 0 Å². The van der Waals surface area contributed by atoms with Gasteiger partial charge in [0.2, 0.25) is 10.0 Å². The summed E-state index contributed by atoms with van der Waals surface area (Å²) in [7, 11) is -4.06. The SMILES string of the molecule is CC[C@@H]1[C@@H](Sc2ccc(C)cc2)[C@@H](C(=O)O)[C@H](c2ccc(Cl)cc2)N1S(=O)(=O)c1ccc(Cl)cc1. The van der Waals surface area contributed by atoms with Crippen LogP contribution in [0, 0.1) is 12.8 Å². The Labute approximate surface area is 220 Å². The molecule has 35 heavy (non-hydrogen) atoms. The molecule has 0 aromatic heterocycles. The molecule has 1 saturated heterocycles. The van der Waals surface area contributed by atoms with Gasteiger partial charge in [-0.2, -0.15) is 4.31 Å². The van der Waals surface area contributed by atoms with Crippen LogP contribution in [0.15, 0.2) is 82.6 Å². The van der Waals surface area contributed by atoms with E-state index in [2.05, 4.69) is 0 Å². The highest BCUT2D eigenvalue weighted by Crippen LogP contribution is 2.51. The second kappa shape index (κ2) is 10.5. The number of sulfonamides is 1. The van der Waals surface area contributed by atoms with Crippen LogP contribution in [0.2, 0.25) is 10.0 Å². The van der Waals surface area contributed by atoms with Crippen LogP contribution in [0.3, 0.4) is 0 Å². The number of hydrogen-bond donors (Lipinski definition) is 1. The van der Waals surface area contributed by atoms with Gasteiger partial charge in [0.25, 0.3) is 0 Å². The maximum absolute atomic E-state index is 14.0. The first-order chi connectivity index (χ1) is 16.6. The molecule has 1 aliphatic heterocycles. The first kappa shape index (κ1) is 26.0. The summed E-state index contributed by atoms with van der Waals surface area (Å²) in [5, 5.41) is 10.8. The third kappa shape index (κ3) is 5.25. The van der Waals surface area contributed by atoms with Gasteiger partial charge in [-0.15, -0.1) is 11.8 Å². The van der Waals surface area contributed by atoms with Crippen molar-refractivity contribution in [3.05, 3.63) is 94.0 Å². The molecule has 1 fully saturated rings. The predicted molar refractivity (Wildman–Crippen MR) is 141 cm³/mol. The van der Waals surface area contributed by atoms with E-state index in [4.69, 9.17) is 23.2 Å². The van der Waals surface area contributed by atoms with Crippen molar-refractivity contribution in [1.82, 2.24) is 4.31 Å². The topological polar surface area (TPSA) is 74.7 Å². The average molecular weight is 551 g/mol. The number of rotatable bonds is 7. The molecular formula is C26H25Cl2NO4S2. The molecule has 1 N–H and O–H groups in total. The van der Waals surface area contributed by atoms with Crippen LogP contribution in [-0.4, -0.2) is 35.1 Å². The molecule has 3 aromatic carbocycles. The number of aryl methyl sites for hydroxylation is 1. The molecule has 9 heteroatoms. The molecule has 0 radical (unpaired) electrons. The molecule has 0 bridgehead atoms. The largest absolute Gasteiger partial charge is 0.481 e. The Bertz CT molecular complexity index is 1300. The Morgan fingerprint density at radius 1 is 0.943 bits per heavy atom. The Balaban J connectivity index is 1.89. The number of carboxylic acid groups (broad SMARTS) is 1. The van der Waals surface area contributed by atoms with Crippen LogP contribution < -0.4 is 0 Å². The molecule has 4 rings (SSSR count). The minimum atomic E-state index is -4.06. The summed E-state index contributed by atoms with van der Waals surface area (Å²) in [6, 6.07) is 19.1. The molecule has 1 heterocycles. The van der Waals surface area contributed by atoms with Gasteiger partial charge in [-0.1, -0.05) is 60.0 Å². The molecule has 184 valence electrons. The maximum atomic E-state index is 14.0. The summed E-state index contributed by atoms with van der Waals surface area (Å²) in [6.07, 6.45) is 0.449. The van der Waals surface area contributed by atoms with Gasteiger partial charge < -0.3 is 5.11 Å². The summed E-state index contributed by atoms with van der Waals surface area (Å²) in [6.45, 7) is 3.87. The molecule has 0 saturated carbocycles. The predicted octanol–water partition coefficient (Wildman–Crippen LogP) is 6.69. The van der Waals surface area contributed by atoms with Gasteiger partial charge in [0.1, 0.15) is 0 Å². The first-order valence-corrected chi connectivity index (χ1v) is 14.2. The summed E-state index contributed by atoms with van der Waals surface area (Å²) in [4.78, 5) is 13.7. The summed E-state index contributed by atoms with van der Waals surface area (Å²) in [5.41, 5.74) is 1.68. The highest BCUT2D eigenvalue weighted by molar-refractivity contribution is 8.00. The number of carboxylic acids is 1. The molecule has 0 amide bonds. The van der Waals surface area contributed by atoms with Gasteiger partial charge >= 0.3 is 5.97 Å². The van der Waals surface area contributed by atoms with E-state index in [0.717, 1.165) is 10.5 Å². The van der Waals surface area contributed by atoms with Crippen molar-refractivity contribution >= 4 is 51.0 Å². The zero-order valence-electron chi connectivity index (χ0n) is 19.1. The number of aliphatic carboxylic acids is 1. The fourth-order valence-corrected chi connectivity index (χ4v) is 8.35. The normalized spacial score (nSPS) is 22.9. The zero-order valence-corrected chi connectivity index (χ0v) is 22.3. The summed E-state index contributed by atoms with van der Waals surface area (Å²) in [5.74, 6) is -2.02. The van der Waals surface area contributed by atoms with Crippen molar-refractivity contribution in [2.75, 3.05) is 0 Å². The lowest BCUT2D eigenvalue weighted by Crippen LogP contribution is -2.39. The van der Waals surface area contributed by atoms with Crippen LogP contribution >= 0.6 is 35.0 Å². The van der Waals surface area contributed by atoms with E-state index >= 15 is 0 Å². The second-order valence-electron chi connectivity index (χ2n) is 8.52. The molecule has 0 aliphatic carbocycles. The average Bonchev–Trinajstić information content (AvgIpc) is 3.16. The third-order valence-electron chi connectivity index (χ3n) is 6.27. The molecule has 1 aliphatic rings. The van der Waals surface area contributed by atoms with E-state index in [1.165, 1.54) is 40.3 Å². The highest BCUT2D eigenvalue weighted by atomic mass is 35.5. The van der Waals surface area contributed by atoms with Crippen LogP contribution in [0.25, 0.3) is 0 Å². The van der Waals surface area contributed by atoms with E-state index in [0.29, 0.717) is 22.0 Å². The van der Waals surface area contributed by atoms with E-state index in [-0.39, 0.29) is 4.90 Å². The number of benzene rings is 3. The van der Waals surface area contributed by atoms with Gasteiger partial charge in [0.05, 0.1) is 16.9 Å². The Morgan fingerprint density at radius 3 is 2.00 bits per heavy atom. The molecule has 4 atom stereocenters. The van der Waals surface area contributed by atoms with E-state index in [1.54, 1.807) is 24.3 Å². The van der Waals surface area contributed by atoms with E-state index < -0.39 is 39.2 Å². The van der Waals surface area contributed by atoms with Crippen molar-refractivity contribution in [1.29, 1.82) is 0 Å². The summed E-state index contributed by atoms with van der Waals surface area (Å²) >= 11 is 13.5. The van der Waals surface area contributed by atoms with Crippen LogP contribution in [0.5, 0.6) is 0 Å². The lowest BCUT2D eigenvalue weighted by Gasteiger charge is -2.30. The number of halogens is 2. The Kier molecular flexibility index (Phi) is 7.83.